The number of aromatic nitrogens is 4. The Morgan fingerprint density at radius 1 is 0.750 bits per heavy atom. The normalized spacial score (nSPS) is 11.0. The largest absolute Gasteiger partial charge is 0.353 e. The second-order valence-electron chi connectivity index (χ2n) is 6.50. The molecule has 0 fully saturated rings. The number of rotatable bonds is 3. The molecule has 0 spiro atoms. The van der Waals surface area contributed by atoms with E-state index >= 15 is 0 Å². The molecule has 0 aliphatic rings. The van der Waals surface area contributed by atoms with Gasteiger partial charge < -0.3 is 4.98 Å². The zero-order chi connectivity index (χ0) is 18.9. The average molecular weight is 364 g/mol. The van der Waals surface area contributed by atoms with Gasteiger partial charge in [0.25, 0.3) is 5.56 Å². The summed E-state index contributed by atoms with van der Waals surface area (Å²) in [7, 11) is 0. The van der Waals surface area contributed by atoms with Gasteiger partial charge in [0, 0.05) is 11.3 Å². The summed E-state index contributed by atoms with van der Waals surface area (Å²) in [5.74, 6) is 0. The van der Waals surface area contributed by atoms with Gasteiger partial charge in [-0.25, -0.2) is 0 Å². The van der Waals surface area contributed by atoms with E-state index in [0.29, 0.717) is 16.6 Å². The summed E-state index contributed by atoms with van der Waals surface area (Å²) >= 11 is 0. The summed E-state index contributed by atoms with van der Waals surface area (Å²) in [5.41, 5.74) is 4.82. The van der Waals surface area contributed by atoms with Gasteiger partial charge in [0.15, 0.2) is 0 Å². The highest BCUT2D eigenvalue weighted by molar-refractivity contribution is 5.79. The van der Waals surface area contributed by atoms with Gasteiger partial charge in [0.2, 0.25) is 0 Å². The van der Waals surface area contributed by atoms with Gasteiger partial charge in [-0.3, -0.25) is 4.79 Å². The highest BCUT2D eigenvalue weighted by Gasteiger charge is 2.16. The number of nitrogens with one attached hydrogen (secondary N) is 1. The molecule has 2 aromatic heterocycles. The summed E-state index contributed by atoms with van der Waals surface area (Å²) in [6.45, 7) is 0. The van der Waals surface area contributed by atoms with E-state index in [1.165, 1.54) is 4.68 Å². The molecular formula is C23H16N4O. The lowest BCUT2D eigenvalue weighted by atomic mass is 10.1. The van der Waals surface area contributed by atoms with Crippen LogP contribution in [0.15, 0.2) is 95.8 Å². The molecule has 2 heterocycles. The molecule has 134 valence electrons. The van der Waals surface area contributed by atoms with E-state index in [2.05, 4.69) is 15.3 Å². The summed E-state index contributed by atoms with van der Waals surface area (Å²) in [4.78, 5) is 16.6. The number of nitrogens with zero attached hydrogens (tertiary/aromatic N) is 3. The van der Waals surface area contributed by atoms with Crippen LogP contribution in [0.3, 0.4) is 0 Å². The standard InChI is InChI=1S/C23H16N4O/c28-23-18-13-7-8-14-19(18)25-26-27(23)21-15-20(16-9-3-1-4-10-16)24-22(21)17-11-5-2-6-12-17/h1-15,24H. The highest BCUT2D eigenvalue weighted by atomic mass is 16.1. The lowest BCUT2D eigenvalue weighted by molar-refractivity contribution is 0.740. The van der Waals surface area contributed by atoms with Gasteiger partial charge in [-0.15, -0.1) is 5.10 Å². The Bertz CT molecular complexity index is 1320. The predicted octanol–water partition coefficient (Wildman–Crippen LogP) is 4.44. The minimum atomic E-state index is -0.193. The molecule has 0 atom stereocenters. The monoisotopic (exact) mass is 364 g/mol. The van der Waals surface area contributed by atoms with Gasteiger partial charge in [0.1, 0.15) is 5.52 Å². The van der Waals surface area contributed by atoms with Crippen LogP contribution in [0.25, 0.3) is 39.1 Å². The Morgan fingerprint density at radius 3 is 2.14 bits per heavy atom. The van der Waals surface area contributed by atoms with Crippen molar-refractivity contribution in [2.24, 2.45) is 0 Å². The van der Waals surface area contributed by atoms with E-state index in [0.717, 1.165) is 22.5 Å². The zero-order valence-corrected chi connectivity index (χ0v) is 14.9. The fourth-order valence-electron chi connectivity index (χ4n) is 3.36. The summed E-state index contributed by atoms with van der Waals surface area (Å²) in [6.07, 6.45) is 0. The van der Waals surface area contributed by atoms with Gasteiger partial charge in [-0.1, -0.05) is 78.0 Å². The average Bonchev–Trinajstić information content (AvgIpc) is 3.21. The fraction of sp³-hybridized carbons (Fsp3) is 0. The molecule has 3 aromatic carbocycles. The van der Waals surface area contributed by atoms with E-state index in [1.54, 1.807) is 12.1 Å². The molecule has 5 heteroatoms. The topological polar surface area (TPSA) is 63.6 Å². The van der Waals surface area contributed by atoms with Gasteiger partial charge in [-0.2, -0.15) is 4.68 Å². The molecule has 0 saturated heterocycles. The molecule has 0 radical (unpaired) electrons. The van der Waals surface area contributed by atoms with Crippen LogP contribution in [0, 0.1) is 0 Å². The van der Waals surface area contributed by atoms with Crippen molar-refractivity contribution in [3.8, 4) is 28.2 Å². The molecule has 5 nitrogen and oxygen atoms in total. The zero-order valence-electron chi connectivity index (χ0n) is 14.9. The number of hydrogen-bond donors (Lipinski definition) is 1. The maximum atomic E-state index is 13.1. The minimum absolute atomic E-state index is 0.193. The van der Waals surface area contributed by atoms with Crippen molar-refractivity contribution in [1.29, 1.82) is 0 Å². The van der Waals surface area contributed by atoms with Crippen molar-refractivity contribution >= 4 is 10.9 Å². The van der Waals surface area contributed by atoms with Crippen molar-refractivity contribution in [2.75, 3.05) is 0 Å². The van der Waals surface area contributed by atoms with E-state index < -0.39 is 0 Å². The first kappa shape index (κ1) is 16.2. The van der Waals surface area contributed by atoms with E-state index in [1.807, 2.05) is 78.9 Å². The van der Waals surface area contributed by atoms with E-state index in [9.17, 15) is 4.79 Å². The maximum Gasteiger partial charge on any atom is 0.282 e. The van der Waals surface area contributed by atoms with Crippen LogP contribution < -0.4 is 5.56 Å². The molecular weight excluding hydrogens is 348 g/mol. The lowest BCUT2D eigenvalue weighted by Crippen LogP contribution is -2.22. The van der Waals surface area contributed by atoms with Crippen LogP contribution in [0.4, 0.5) is 0 Å². The molecule has 0 aliphatic heterocycles. The Balaban J connectivity index is 1.78. The van der Waals surface area contributed by atoms with Gasteiger partial charge in [0.05, 0.1) is 16.8 Å². The molecule has 0 amide bonds. The van der Waals surface area contributed by atoms with Gasteiger partial charge >= 0.3 is 0 Å². The Hall–Kier alpha value is -3.99. The Kier molecular flexibility index (Phi) is 3.84. The van der Waals surface area contributed by atoms with E-state index in [-0.39, 0.29) is 5.56 Å². The van der Waals surface area contributed by atoms with Crippen molar-refractivity contribution in [2.45, 2.75) is 0 Å². The first-order valence-electron chi connectivity index (χ1n) is 9.00. The predicted molar refractivity (Wildman–Crippen MR) is 110 cm³/mol. The molecule has 1 N–H and O–H groups in total. The number of fused-ring (bicyclic) bond motifs is 1. The maximum absolute atomic E-state index is 13.1. The first-order chi connectivity index (χ1) is 13.8. The van der Waals surface area contributed by atoms with Crippen molar-refractivity contribution < 1.29 is 0 Å². The Morgan fingerprint density at radius 2 is 1.39 bits per heavy atom. The van der Waals surface area contributed by atoms with Crippen LogP contribution in [-0.4, -0.2) is 20.0 Å². The van der Waals surface area contributed by atoms with Crippen molar-refractivity contribution in [3.63, 3.8) is 0 Å². The fourth-order valence-corrected chi connectivity index (χ4v) is 3.36. The third-order valence-electron chi connectivity index (χ3n) is 4.74. The smallest absolute Gasteiger partial charge is 0.282 e. The van der Waals surface area contributed by atoms with Crippen molar-refractivity contribution in [1.82, 2.24) is 20.0 Å². The summed E-state index contributed by atoms with van der Waals surface area (Å²) in [6, 6.07) is 29.1. The molecule has 5 rings (SSSR count). The number of H-pyrrole nitrogens is 1. The van der Waals surface area contributed by atoms with Crippen LogP contribution in [-0.2, 0) is 0 Å². The third-order valence-corrected chi connectivity index (χ3v) is 4.74. The van der Waals surface area contributed by atoms with Crippen molar-refractivity contribution in [3.05, 3.63) is 101 Å². The third kappa shape index (κ3) is 2.70. The molecule has 0 saturated carbocycles. The highest BCUT2D eigenvalue weighted by Crippen LogP contribution is 2.30. The first-order valence-corrected chi connectivity index (χ1v) is 9.00. The number of aromatic amines is 1. The molecule has 5 aromatic rings. The second kappa shape index (κ2) is 6.63. The Labute approximate surface area is 160 Å². The van der Waals surface area contributed by atoms with Crippen LogP contribution in [0.1, 0.15) is 0 Å². The molecule has 0 unspecified atom stereocenters. The molecule has 0 aliphatic carbocycles. The molecule has 28 heavy (non-hydrogen) atoms. The lowest BCUT2D eigenvalue weighted by Gasteiger charge is -2.06. The van der Waals surface area contributed by atoms with Crippen LogP contribution in [0.2, 0.25) is 0 Å². The van der Waals surface area contributed by atoms with Crippen LogP contribution >= 0.6 is 0 Å². The quantitative estimate of drug-likeness (QED) is 0.515. The number of benzene rings is 3. The molecule has 0 bridgehead atoms. The second-order valence-corrected chi connectivity index (χ2v) is 6.50. The van der Waals surface area contributed by atoms with E-state index in [4.69, 9.17) is 0 Å². The van der Waals surface area contributed by atoms with Crippen LogP contribution in [0.5, 0.6) is 0 Å². The number of hydrogen-bond acceptors (Lipinski definition) is 3. The SMILES string of the molecule is O=c1c2ccccc2nnn1-c1cc(-c2ccccc2)[nH]c1-c1ccccc1. The minimum Gasteiger partial charge on any atom is -0.353 e. The van der Waals surface area contributed by atoms with Gasteiger partial charge in [-0.05, 0) is 23.8 Å². The summed E-state index contributed by atoms with van der Waals surface area (Å²) in [5, 5.41) is 8.98. The summed E-state index contributed by atoms with van der Waals surface area (Å²) < 4.78 is 1.37.